The van der Waals surface area contributed by atoms with E-state index in [-0.39, 0.29) is 12.1 Å². The van der Waals surface area contributed by atoms with Gasteiger partial charge in [-0.2, -0.15) is 0 Å². The zero-order valence-corrected chi connectivity index (χ0v) is 7.88. The van der Waals surface area contributed by atoms with Crippen molar-refractivity contribution >= 4 is 15.9 Å². The summed E-state index contributed by atoms with van der Waals surface area (Å²) in [6.45, 7) is 0.0212. The molecule has 1 rings (SSSR count). The summed E-state index contributed by atoms with van der Waals surface area (Å²) in [4.78, 5) is 0. The Balaban J connectivity index is 3.07. The van der Waals surface area contributed by atoms with Gasteiger partial charge in [0.2, 0.25) is 0 Å². The molecular weight excluding hydrogens is 225 g/mol. The van der Waals surface area contributed by atoms with Crippen LogP contribution >= 0.6 is 15.9 Å². The molecule has 1 aromatic rings. The minimum absolute atomic E-state index is 0.0212. The van der Waals surface area contributed by atoms with Crippen LogP contribution in [0.5, 0.6) is 0 Å². The molecule has 0 aliphatic rings. The Bertz CT molecular complexity index is 280. The van der Waals surface area contributed by atoms with Crippen LogP contribution in [0, 0.1) is 5.82 Å². The standard InChI is InChI=1S/C8H9BrFNO/c9-6-3-1-2-5(8(6)10)7(12)4-11/h1-3,7,12H,4,11H2. The molecular formula is C8H9BrFNO. The number of aliphatic hydroxyl groups excluding tert-OH is 1. The maximum atomic E-state index is 13.2. The van der Waals surface area contributed by atoms with Crippen LogP contribution in [0.3, 0.4) is 0 Å². The average molecular weight is 234 g/mol. The lowest BCUT2D eigenvalue weighted by molar-refractivity contribution is 0.181. The smallest absolute Gasteiger partial charge is 0.143 e. The minimum Gasteiger partial charge on any atom is -0.387 e. The van der Waals surface area contributed by atoms with Gasteiger partial charge in [0.15, 0.2) is 0 Å². The minimum atomic E-state index is -0.928. The van der Waals surface area contributed by atoms with Gasteiger partial charge in [-0.3, -0.25) is 0 Å². The lowest BCUT2D eigenvalue weighted by Gasteiger charge is -2.09. The van der Waals surface area contributed by atoms with E-state index >= 15 is 0 Å². The largest absolute Gasteiger partial charge is 0.387 e. The van der Waals surface area contributed by atoms with Gasteiger partial charge < -0.3 is 10.8 Å². The molecule has 0 saturated carbocycles. The van der Waals surface area contributed by atoms with E-state index in [2.05, 4.69) is 15.9 Å². The number of aliphatic hydroxyl groups is 1. The number of nitrogens with two attached hydrogens (primary N) is 1. The molecule has 0 radical (unpaired) electrons. The molecule has 0 amide bonds. The van der Waals surface area contributed by atoms with E-state index < -0.39 is 11.9 Å². The van der Waals surface area contributed by atoms with Crippen molar-refractivity contribution in [2.75, 3.05) is 6.54 Å². The van der Waals surface area contributed by atoms with Gasteiger partial charge in [-0.05, 0) is 22.0 Å². The molecule has 0 aliphatic carbocycles. The molecule has 1 aromatic carbocycles. The van der Waals surface area contributed by atoms with Crippen LogP contribution in [0.25, 0.3) is 0 Å². The maximum absolute atomic E-state index is 13.2. The van der Waals surface area contributed by atoms with Gasteiger partial charge in [-0.1, -0.05) is 12.1 Å². The highest BCUT2D eigenvalue weighted by Gasteiger charge is 2.12. The predicted octanol–water partition coefficient (Wildman–Crippen LogP) is 1.58. The summed E-state index contributed by atoms with van der Waals surface area (Å²) in [5.74, 6) is -0.449. The highest BCUT2D eigenvalue weighted by Crippen LogP contribution is 2.22. The predicted molar refractivity (Wildman–Crippen MR) is 48.1 cm³/mol. The van der Waals surface area contributed by atoms with Crippen molar-refractivity contribution in [2.45, 2.75) is 6.10 Å². The number of hydrogen-bond donors (Lipinski definition) is 2. The first kappa shape index (κ1) is 9.64. The topological polar surface area (TPSA) is 46.2 Å². The quantitative estimate of drug-likeness (QED) is 0.815. The van der Waals surface area contributed by atoms with Gasteiger partial charge in [0, 0.05) is 12.1 Å². The Labute approximate surface area is 78.3 Å². The van der Waals surface area contributed by atoms with Crippen molar-refractivity contribution in [3.63, 3.8) is 0 Å². The summed E-state index contributed by atoms with van der Waals surface area (Å²) in [5, 5.41) is 9.25. The zero-order valence-electron chi connectivity index (χ0n) is 6.30. The molecule has 0 fully saturated rings. The summed E-state index contributed by atoms with van der Waals surface area (Å²) in [6.07, 6.45) is -0.928. The molecule has 2 nitrogen and oxygen atoms in total. The van der Waals surface area contributed by atoms with E-state index in [0.717, 1.165) is 0 Å². The van der Waals surface area contributed by atoms with Crippen molar-refractivity contribution in [2.24, 2.45) is 5.73 Å². The number of rotatable bonds is 2. The maximum Gasteiger partial charge on any atom is 0.143 e. The first-order valence-electron chi connectivity index (χ1n) is 3.49. The molecule has 0 spiro atoms. The molecule has 0 aromatic heterocycles. The molecule has 4 heteroatoms. The lowest BCUT2D eigenvalue weighted by atomic mass is 10.1. The Kier molecular flexibility index (Phi) is 3.20. The van der Waals surface area contributed by atoms with Gasteiger partial charge in [-0.25, -0.2) is 4.39 Å². The fraction of sp³-hybridized carbons (Fsp3) is 0.250. The van der Waals surface area contributed by atoms with E-state index in [1.54, 1.807) is 12.1 Å². The Morgan fingerprint density at radius 1 is 1.58 bits per heavy atom. The normalized spacial score (nSPS) is 13.0. The van der Waals surface area contributed by atoms with Crippen molar-refractivity contribution in [3.05, 3.63) is 34.1 Å². The first-order valence-corrected chi connectivity index (χ1v) is 4.28. The highest BCUT2D eigenvalue weighted by atomic mass is 79.9. The van der Waals surface area contributed by atoms with Crippen molar-refractivity contribution in [1.29, 1.82) is 0 Å². The molecule has 66 valence electrons. The van der Waals surface area contributed by atoms with E-state index in [9.17, 15) is 9.50 Å². The third kappa shape index (κ3) is 1.83. The molecule has 0 aliphatic heterocycles. The van der Waals surface area contributed by atoms with Crippen LogP contribution in [-0.2, 0) is 0 Å². The Morgan fingerprint density at radius 2 is 2.25 bits per heavy atom. The number of halogens is 2. The van der Waals surface area contributed by atoms with Crippen molar-refractivity contribution in [3.8, 4) is 0 Å². The Morgan fingerprint density at radius 3 is 2.83 bits per heavy atom. The van der Waals surface area contributed by atoms with Crippen molar-refractivity contribution < 1.29 is 9.50 Å². The molecule has 0 bridgehead atoms. The SMILES string of the molecule is NCC(O)c1cccc(Br)c1F. The number of benzene rings is 1. The van der Waals surface area contributed by atoms with Crippen LogP contribution < -0.4 is 5.73 Å². The summed E-state index contributed by atoms with van der Waals surface area (Å²) in [7, 11) is 0. The van der Waals surface area contributed by atoms with Crippen molar-refractivity contribution in [1.82, 2.24) is 0 Å². The number of hydrogen-bond acceptors (Lipinski definition) is 2. The van der Waals surface area contributed by atoms with Gasteiger partial charge in [0.05, 0.1) is 10.6 Å². The van der Waals surface area contributed by atoms with Crippen LogP contribution in [0.1, 0.15) is 11.7 Å². The van der Waals surface area contributed by atoms with Crippen LogP contribution in [-0.4, -0.2) is 11.7 Å². The molecule has 0 saturated heterocycles. The van der Waals surface area contributed by atoms with E-state index in [4.69, 9.17) is 5.73 Å². The molecule has 0 heterocycles. The Hall–Kier alpha value is -0.450. The second-order valence-corrected chi connectivity index (χ2v) is 3.25. The summed E-state index contributed by atoms with van der Waals surface area (Å²) in [5.41, 5.74) is 5.42. The molecule has 3 N–H and O–H groups in total. The third-order valence-corrected chi connectivity index (χ3v) is 2.18. The molecule has 12 heavy (non-hydrogen) atoms. The summed E-state index contributed by atoms with van der Waals surface area (Å²) >= 11 is 3.02. The van der Waals surface area contributed by atoms with Crippen LogP contribution in [0.4, 0.5) is 4.39 Å². The van der Waals surface area contributed by atoms with Crippen LogP contribution in [0.15, 0.2) is 22.7 Å². The fourth-order valence-corrected chi connectivity index (χ4v) is 1.29. The van der Waals surface area contributed by atoms with Gasteiger partial charge in [0.25, 0.3) is 0 Å². The molecule has 1 unspecified atom stereocenters. The van der Waals surface area contributed by atoms with Gasteiger partial charge in [-0.15, -0.1) is 0 Å². The lowest BCUT2D eigenvalue weighted by Crippen LogP contribution is -2.13. The van der Waals surface area contributed by atoms with Crippen LogP contribution in [0.2, 0.25) is 0 Å². The second kappa shape index (κ2) is 3.98. The first-order chi connectivity index (χ1) is 5.66. The zero-order chi connectivity index (χ0) is 9.14. The monoisotopic (exact) mass is 233 g/mol. The average Bonchev–Trinajstić information content (AvgIpc) is 2.08. The third-order valence-electron chi connectivity index (χ3n) is 1.56. The highest BCUT2D eigenvalue weighted by molar-refractivity contribution is 9.10. The van der Waals surface area contributed by atoms with E-state index in [1.807, 2.05) is 0 Å². The van der Waals surface area contributed by atoms with Gasteiger partial charge >= 0.3 is 0 Å². The van der Waals surface area contributed by atoms with E-state index in [0.29, 0.717) is 4.47 Å². The molecule has 1 atom stereocenters. The fourth-order valence-electron chi connectivity index (χ4n) is 0.905. The summed E-state index contributed by atoms with van der Waals surface area (Å²) in [6, 6.07) is 4.74. The van der Waals surface area contributed by atoms with E-state index in [1.165, 1.54) is 6.07 Å². The van der Waals surface area contributed by atoms with Gasteiger partial charge in [0.1, 0.15) is 5.82 Å². The second-order valence-electron chi connectivity index (χ2n) is 2.39. The summed E-state index contributed by atoms with van der Waals surface area (Å²) < 4.78 is 13.5.